The van der Waals surface area contributed by atoms with Crippen molar-refractivity contribution in [3.8, 4) is 11.3 Å². The molecular weight excluding hydrogens is 350 g/mol. The van der Waals surface area contributed by atoms with Gasteiger partial charge in [0, 0.05) is 50.0 Å². The van der Waals surface area contributed by atoms with Crippen LogP contribution in [0, 0.1) is 0 Å². The minimum Gasteiger partial charge on any atom is -0.370 e. The van der Waals surface area contributed by atoms with Crippen molar-refractivity contribution in [3.63, 3.8) is 0 Å². The first kappa shape index (κ1) is 16.9. The SMILES string of the molecule is NCc1ccc2nc(Cn3cnc(-c4cncc(N5CCCC5)c4)c3)cn2c1. The van der Waals surface area contributed by atoms with Crippen molar-refractivity contribution in [2.75, 3.05) is 18.0 Å². The van der Waals surface area contributed by atoms with E-state index < -0.39 is 0 Å². The summed E-state index contributed by atoms with van der Waals surface area (Å²) in [5.74, 6) is 0. The van der Waals surface area contributed by atoms with E-state index in [0.717, 1.165) is 41.3 Å². The molecule has 7 heteroatoms. The number of hydrogen-bond donors (Lipinski definition) is 1. The predicted molar refractivity (Wildman–Crippen MR) is 109 cm³/mol. The van der Waals surface area contributed by atoms with Crippen LogP contribution in [0.15, 0.2) is 55.5 Å². The topological polar surface area (TPSA) is 77.3 Å². The Morgan fingerprint density at radius 1 is 1.04 bits per heavy atom. The van der Waals surface area contributed by atoms with Gasteiger partial charge in [0.2, 0.25) is 0 Å². The number of hydrogen-bond acceptors (Lipinski definition) is 5. The molecule has 0 aromatic carbocycles. The van der Waals surface area contributed by atoms with Gasteiger partial charge in [0.15, 0.2) is 0 Å². The van der Waals surface area contributed by atoms with Crippen LogP contribution in [0.5, 0.6) is 0 Å². The fourth-order valence-corrected chi connectivity index (χ4v) is 3.79. The maximum atomic E-state index is 5.73. The number of imidazole rings is 2. The van der Waals surface area contributed by atoms with Gasteiger partial charge in [0.25, 0.3) is 0 Å². The smallest absolute Gasteiger partial charge is 0.137 e. The highest BCUT2D eigenvalue weighted by molar-refractivity contribution is 5.63. The van der Waals surface area contributed by atoms with Crippen LogP contribution in [0.1, 0.15) is 24.1 Å². The number of fused-ring (bicyclic) bond motifs is 1. The molecule has 0 unspecified atom stereocenters. The second-order valence-electron chi connectivity index (χ2n) is 7.30. The van der Waals surface area contributed by atoms with E-state index >= 15 is 0 Å². The lowest BCUT2D eigenvalue weighted by molar-refractivity contribution is 0.779. The highest BCUT2D eigenvalue weighted by atomic mass is 15.1. The van der Waals surface area contributed by atoms with Crippen molar-refractivity contribution >= 4 is 11.3 Å². The zero-order valence-electron chi connectivity index (χ0n) is 15.7. The summed E-state index contributed by atoms with van der Waals surface area (Å²) in [5, 5.41) is 0. The second kappa shape index (κ2) is 7.09. The molecular formula is C21H23N7. The van der Waals surface area contributed by atoms with Crippen LogP contribution in [-0.2, 0) is 13.1 Å². The highest BCUT2D eigenvalue weighted by Gasteiger charge is 2.14. The fourth-order valence-electron chi connectivity index (χ4n) is 3.79. The third-order valence-electron chi connectivity index (χ3n) is 5.27. The number of anilines is 1. The van der Waals surface area contributed by atoms with Crippen molar-refractivity contribution in [1.29, 1.82) is 0 Å². The summed E-state index contributed by atoms with van der Waals surface area (Å²) in [5.41, 5.74) is 11.9. The zero-order chi connectivity index (χ0) is 18.9. The lowest BCUT2D eigenvalue weighted by Crippen LogP contribution is -2.17. The van der Waals surface area contributed by atoms with Gasteiger partial charge < -0.3 is 19.6 Å². The van der Waals surface area contributed by atoms with Crippen molar-refractivity contribution in [3.05, 3.63) is 66.8 Å². The summed E-state index contributed by atoms with van der Waals surface area (Å²) in [6.07, 6.45) is 14.3. The van der Waals surface area contributed by atoms with Crippen LogP contribution < -0.4 is 10.6 Å². The standard InChI is InChI=1S/C21H23N7/c22-8-16-3-4-21-25-18(13-28(21)11-16)12-26-14-20(24-15-26)17-7-19(10-23-9-17)27-5-1-2-6-27/h3-4,7,9-11,13-15H,1-2,5-6,8,12,22H2. The molecule has 5 rings (SSSR count). The third kappa shape index (κ3) is 3.25. The first-order chi connectivity index (χ1) is 13.8. The predicted octanol–water partition coefficient (Wildman–Crippen LogP) is 2.70. The number of rotatable bonds is 5. The maximum absolute atomic E-state index is 5.73. The van der Waals surface area contributed by atoms with Gasteiger partial charge >= 0.3 is 0 Å². The molecule has 0 saturated carbocycles. The molecule has 4 aromatic heterocycles. The summed E-state index contributed by atoms with van der Waals surface area (Å²) in [6.45, 7) is 3.42. The Bertz CT molecular complexity index is 1100. The number of nitrogens with zero attached hydrogens (tertiary/aromatic N) is 6. The van der Waals surface area contributed by atoms with E-state index in [9.17, 15) is 0 Å². The molecule has 1 saturated heterocycles. The molecule has 1 aliphatic rings. The largest absolute Gasteiger partial charge is 0.370 e. The zero-order valence-corrected chi connectivity index (χ0v) is 15.7. The van der Waals surface area contributed by atoms with Crippen LogP contribution in [0.4, 0.5) is 5.69 Å². The van der Waals surface area contributed by atoms with E-state index in [1.165, 1.54) is 18.5 Å². The second-order valence-corrected chi connectivity index (χ2v) is 7.30. The van der Waals surface area contributed by atoms with Gasteiger partial charge in [-0.3, -0.25) is 4.98 Å². The van der Waals surface area contributed by atoms with Gasteiger partial charge in [-0.25, -0.2) is 9.97 Å². The van der Waals surface area contributed by atoms with Gasteiger partial charge in [-0.05, 0) is 30.5 Å². The molecule has 0 spiro atoms. The molecule has 28 heavy (non-hydrogen) atoms. The van der Waals surface area contributed by atoms with E-state index in [-0.39, 0.29) is 0 Å². The van der Waals surface area contributed by atoms with E-state index in [4.69, 9.17) is 5.73 Å². The molecule has 0 radical (unpaired) electrons. The van der Waals surface area contributed by atoms with Gasteiger partial charge in [0.05, 0.1) is 36.1 Å². The molecule has 2 N–H and O–H groups in total. The van der Waals surface area contributed by atoms with Crippen LogP contribution >= 0.6 is 0 Å². The van der Waals surface area contributed by atoms with Gasteiger partial charge in [-0.15, -0.1) is 0 Å². The molecule has 1 fully saturated rings. The average Bonchev–Trinajstić information content (AvgIpc) is 3.48. The minimum atomic E-state index is 0.527. The van der Waals surface area contributed by atoms with E-state index in [1.54, 1.807) is 0 Å². The lowest BCUT2D eigenvalue weighted by atomic mass is 10.2. The van der Waals surface area contributed by atoms with Crippen LogP contribution in [0.2, 0.25) is 0 Å². The van der Waals surface area contributed by atoms with Crippen LogP contribution in [-0.4, -0.2) is 37.0 Å². The van der Waals surface area contributed by atoms with E-state index in [1.807, 2.05) is 47.6 Å². The number of aromatic nitrogens is 5. The minimum absolute atomic E-state index is 0.527. The Morgan fingerprint density at radius 3 is 2.79 bits per heavy atom. The monoisotopic (exact) mass is 373 g/mol. The Kier molecular flexibility index (Phi) is 4.29. The average molecular weight is 373 g/mol. The first-order valence-corrected chi connectivity index (χ1v) is 9.67. The highest BCUT2D eigenvalue weighted by Crippen LogP contribution is 2.25. The summed E-state index contributed by atoms with van der Waals surface area (Å²) in [6, 6.07) is 6.20. The van der Waals surface area contributed by atoms with Crippen molar-refractivity contribution in [2.24, 2.45) is 5.73 Å². The van der Waals surface area contributed by atoms with E-state index in [0.29, 0.717) is 13.1 Å². The Balaban J connectivity index is 1.37. The van der Waals surface area contributed by atoms with Crippen molar-refractivity contribution in [1.82, 2.24) is 23.9 Å². The molecule has 0 amide bonds. The Labute approximate surface area is 163 Å². The van der Waals surface area contributed by atoms with Gasteiger partial charge in [-0.2, -0.15) is 0 Å². The number of pyridine rings is 2. The third-order valence-corrected chi connectivity index (χ3v) is 5.27. The van der Waals surface area contributed by atoms with Crippen LogP contribution in [0.25, 0.3) is 16.9 Å². The molecule has 5 heterocycles. The quantitative estimate of drug-likeness (QED) is 0.582. The summed E-state index contributed by atoms with van der Waals surface area (Å²) < 4.78 is 4.09. The van der Waals surface area contributed by atoms with Crippen molar-refractivity contribution in [2.45, 2.75) is 25.9 Å². The molecule has 0 atom stereocenters. The maximum Gasteiger partial charge on any atom is 0.137 e. The Hall–Kier alpha value is -3.19. The van der Waals surface area contributed by atoms with E-state index in [2.05, 4.69) is 36.7 Å². The summed E-state index contributed by atoms with van der Waals surface area (Å²) >= 11 is 0. The molecule has 4 aromatic rings. The van der Waals surface area contributed by atoms with Gasteiger partial charge in [0.1, 0.15) is 5.65 Å². The molecule has 7 nitrogen and oxygen atoms in total. The van der Waals surface area contributed by atoms with Gasteiger partial charge in [-0.1, -0.05) is 6.07 Å². The first-order valence-electron chi connectivity index (χ1n) is 9.67. The normalized spacial score (nSPS) is 14.2. The molecule has 142 valence electrons. The molecule has 0 bridgehead atoms. The molecule has 0 aliphatic carbocycles. The summed E-state index contributed by atoms with van der Waals surface area (Å²) in [7, 11) is 0. The summed E-state index contributed by atoms with van der Waals surface area (Å²) in [4.78, 5) is 16.1. The molecule has 1 aliphatic heterocycles. The Morgan fingerprint density at radius 2 is 1.93 bits per heavy atom. The van der Waals surface area contributed by atoms with Crippen LogP contribution in [0.3, 0.4) is 0 Å². The lowest BCUT2D eigenvalue weighted by Gasteiger charge is -2.17. The number of nitrogens with two attached hydrogens (primary N) is 1. The fraction of sp³-hybridized carbons (Fsp3) is 0.286. The van der Waals surface area contributed by atoms with Crippen molar-refractivity contribution < 1.29 is 0 Å².